The van der Waals surface area contributed by atoms with Crippen LogP contribution in [0.3, 0.4) is 0 Å². The Balaban J connectivity index is 2.72. The minimum Gasteiger partial charge on any atom is -0.480 e. The summed E-state index contributed by atoms with van der Waals surface area (Å²) in [5.74, 6) is -4.11. The number of nitrogens with zero attached hydrogens (tertiary/aromatic N) is 1. The Bertz CT molecular complexity index is 491. The first-order valence-electron chi connectivity index (χ1n) is 5.60. The van der Waals surface area contributed by atoms with Crippen LogP contribution >= 0.6 is 23.2 Å². The second-order valence-electron chi connectivity index (χ2n) is 4.45. The Kier molecular flexibility index (Phi) is 5.13. The molecule has 1 rings (SSSR count). The molecule has 110 valence electrons. The number of carboxylic acids is 1. The Labute approximate surface area is 124 Å². The van der Waals surface area contributed by atoms with Crippen LogP contribution in [0.4, 0.5) is 0 Å². The minimum atomic E-state index is -1.21. The third-order valence-electron chi connectivity index (χ3n) is 2.61. The molecule has 0 aromatic rings. The lowest BCUT2D eigenvalue weighted by Gasteiger charge is -2.20. The van der Waals surface area contributed by atoms with Gasteiger partial charge in [0.2, 0.25) is 5.91 Å². The van der Waals surface area contributed by atoms with Crippen LogP contribution in [0.1, 0.15) is 13.8 Å². The molecule has 0 bridgehead atoms. The van der Waals surface area contributed by atoms with Crippen LogP contribution in [0.2, 0.25) is 0 Å². The van der Waals surface area contributed by atoms with Crippen molar-refractivity contribution in [1.29, 1.82) is 0 Å². The predicted molar refractivity (Wildman–Crippen MR) is 69.9 cm³/mol. The van der Waals surface area contributed by atoms with Crippen LogP contribution in [0.25, 0.3) is 0 Å². The third kappa shape index (κ3) is 3.29. The van der Waals surface area contributed by atoms with Crippen molar-refractivity contribution in [2.75, 3.05) is 6.54 Å². The van der Waals surface area contributed by atoms with Crippen LogP contribution in [-0.2, 0) is 19.2 Å². The highest BCUT2D eigenvalue weighted by Crippen LogP contribution is 2.26. The summed E-state index contributed by atoms with van der Waals surface area (Å²) >= 11 is 11.0. The van der Waals surface area contributed by atoms with Crippen molar-refractivity contribution in [2.45, 2.75) is 19.9 Å². The molecule has 3 amide bonds. The number of hydrogen-bond donors (Lipinski definition) is 2. The molecule has 0 fully saturated rings. The zero-order chi connectivity index (χ0) is 15.6. The highest BCUT2D eigenvalue weighted by Gasteiger charge is 2.38. The highest BCUT2D eigenvalue weighted by atomic mass is 35.5. The number of imide groups is 1. The van der Waals surface area contributed by atoms with E-state index >= 15 is 0 Å². The maximum Gasteiger partial charge on any atom is 0.326 e. The molecule has 0 radical (unpaired) electrons. The molecular formula is C11H12Cl2N2O5. The largest absolute Gasteiger partial charge is 0.480 e. The lowest BCUT2D eigenvalue weighted by Crippen LogP contribution is -2.49. The smallest absolute Gasteiger partial charge is 0.326 e. The van der Waals surface area contributed by atoms with E-state index in [0.717, 1.165) is 0 Å². The summed E-state index contributed by atoms with van der Waals surface area (Å²) in [5.41, 5.74) is 0. The topological polar surface area (TPSA) is 104 Å². The van der Waals surface area contributed by atoms with Gasteiger partial charge in [-0.3, -0.25) is 19.3 Å². The number of carbonyl (C=O) groups is 4. The first-order chi connectivity index (χ1) is 9.16. The molecule has 0 saturated heterocycles. The molecule has 2 N–H and O–H groups in total. The fourth-order valence-electron chi connectivity index (χ4n) is 1.54. The Morgan fingerprint density at radius 1 is 1.20 bits per heavy atom. The Morgan fingerprint density at radius 3 is 2.00 bits per heavy atom. The standard InChI is InChI=1S/C11H12Cl2N2O5/c1-4(2)8(11(19)20)14-5(16)3-15-9(17)6(12)7(13)10(15)18/h4,8H,3H2,1-2H3,(H,14,16)(H,19,20)/t8-/m0/s1. The van der Waals surface area contributed by atoms with Gasteiger partial charge >= 0.3 is 5.97 Å². The molecule has 0 aromatic carbocycles. The maximum atomic E-state index is 11.7. The van der Waals surface area contributed by atoms with E-state index in [1.807, 2.05) is 0 Å². The maximum absolute atomic E-state index is 11.7. The number of amides is 3. The number of carbonyl (C=O) groups excluding carboxylic acids is 3. The Hall–Kier alpha value is -1.60. The molecule has 9 heteroatoms. The molecule has 0 aliphatic carbocycles. The summed E-state index contributed by atoms with van der Waals surface area (Å²) in [6, 6.07) is -1.12. The average molecular weight is 323 g/mol. The monoisotopic (exact) mass is 322 g/mol. The van der Waals surface area contributed by atoms with Gasteiger partial charge in [-0.1, -0.05) is 37.0 Å². The first kappa shape index (κ1) is 16.5. The molecule has 7 nitrogen and oxygen atoms in total. The van der Waals surface area contributed by atoms with Crippen molar-refractivity contribution >= 4 is 46.9 Å². The second-order valence-corrected chi connectivity index (χ2v) is 5.21. The molecule has 1 heterocycles. The molecule has 0 unspecified atom stereocenters. The van der Waals surface area contributed by atoms with Gasteiger partial charge in [-0.25, -0.2) is 4.79 Å². The molecule has 1 aliphatic rings. The molecule has 0 aromatic heterocycles. The van der Waals surface area contributed by atoms with Gasteiger partial charge in [-0.15, -0.1) is 0 Å². The molecular weight excluding hydrogens is 311 g/mol. The summed E-state index contributed by atoms with van der Waals surface area (Å²) in [6.07, 6.45) is 0. The average Bonchev–Trinajstić information content (AvgIpc) is 2.53. The fourth-order valence-corrected chi connectivity index (χ4v) is 1.90. The second kappa shape index (κ2) is 6.23. The van der Waals surface area contributed by atoms with Crippen molar-refractivity contribution in [1.82, 2.24) is 10.2 Å². The lowest BCUT2D eigenvalue weighted by molar-refractivity contribution is -0.144. The number of rotatable bonds is 5. The van der Waals surface area contributed by atoms with Gasteiger partial charge in [0.25, 0.3) is 11.8 Å². The SMILES string of the molecule is CC(C)[C@H](NC(=O)CN1C(=O)C(Cl)=C(Cl)C1=O)C(=O)O. The first-order valence-corrected chi connectivity index (χ1v) is 6.36. The van der Waals surface area contributed by atoms with Crippen LogP contribution in [-0.4, -0.2) is 46.3 Å². The normalized spacial score (nSPS) is 16.9. The van der Waals surface area contributed by atoms with E-state index in [1.54, 1.807) is 13.8 Å². The van der Waals surface area contributed by atoms with E-state index in [9.17, 15) is 19.2 Å². The van der Waals surface area contributed by atoms with Crippen molar-refractivity contribution < 1.29 is 24.3 Å². The fraction of sp³-hybridized carbons (Fsp3) is 0.455. The molecule has 1 aliphatic heterocycles. The van der Waals surface area contributed by atoms with E-state index in [0.29, 0.717) is 4.90 Å². The van der Waals surface area contributed by atoms with Gasteiger partial charge in [0.1, 0.15) is 22.7 Å². The number of aliphatic carboxylic acids is 1. The van der Waals surface area contributed by atoms with Crippen molar-refractivity contribution in [3.05, 3.63) is 10.1 Å². The summed E-state index contributed by atoms with van der Waals surface area (Å²) in [5, 5.41) is 10.2. The summed E-state index contributed by atoms with van der Waals surface area (Å²) in [4.78, 5) is 46.3. The van der Waals surface area contributed by atoms with Crippen molar-refractivity contribution in [3.8, 4) is 0 Å². The highest BCUT2D eigenvalue weighted by molar-refractivity contribution is 6.58. The zero-order valence-corrected chi connectivity index (χ0v) is 12.2. The van der Waals surface area contributed by atoms with E-state index < -0.39 is 46.3 Å². The van der Waals surface area contributed by atoms with E-state index in [-0.39, 0.29) is 5.92 Å². The minimum absolute atomic E-state index is 0.355. The van der Waals surface area contributed by atoms with Gasteiger partial charge in [0, 0.05) is 0 Å². The quantitative estimate of drug-likeness (QED) is 0.707. The van der Waals surface area contributed by atoms with Crippen LogP contribution in [0.5, 0.6) is 0 Å². The zero-order valence-electron chi connectivity index (χ0n) is 10.6. The van der Waals surface area contributed by atoms with Crippen LogP contribution in [0.15, 0.2) is 10.1 Å². The molecule has 0 saturated carbocycles. The molecule has 20 heavy (non-hydrogen) atoms. The molecule has 0 spiro atoms. The predicted octanol–water partition coefficient (Wildman–Crippen LogP) is 0.270. The summed E-state index contributed by atoms with van der Waals surface area (Å²) < 4.78 is 0. The van der Waals surface area contributed by atoms with Gasteiger partial charge in [-0.05, 0) is 5.92 Å². The number of carboxylic acid groups (broad SMARTS) is 1. The van der Waals surface area contributed by atoms with E-state index in [4.69, 9.17) is 28.3 Å². The number of nitrogens with one attached hydrogen (secondary N) is 1. The Morgan fingerprint density at radius 2 is 1.65 bits per heavy atom. The van der Waals surface area contributed by atoms with Crippen LogP contribution < -0.4 is 5.32 Å². The third-order valence-corrected chi connectivity index (χ3v) is 3.41. The van der Waals surface area contributed by atoms with Gasteiger partial charge < -0.3 is 10.4 Å². The summed E-state index contributed by atoms with van der Waals surface area (Å²) in [6.45, 7) is 2.58. The van der Waals surface area contributed by atoms with E-state index in [1.165, 1.54) is 0 Å². The van der Waals surface area contributed by atoms with Gasteiger partial charge in [0.05, 0.1) is 0 Å². The molecule has 1 atom stereocenters. The lowest BCUT2D eigenvalue weighted by atomic mass is 10.0. The van der Waals surface area contributed by atoms with Gasteiger partial charge in [-0.2, -0.15) is 0 Å². The van der Waals surface area contributed by atoms with Gasteiger partial charge in [0.15, 0.2) is 0 Å². The van der Waals surface area contributed by atoms with E-state index in [2.05, 4.69) is 5.32 Å². The summed E-state index contributed by atoms with van der Waals surface area (Å²) in [7, 11) is 0. The number of halogens is 2. The van der Waals surface area contributed by atoms with Crippen molar-refractivity contribution in [2.24, 2.45) is 5.92 Å². The van der Waals surface area contributed by atoms with Crippen molar-refractivity contribution in [3.63, 3.8) is 0 Å². The number of hydrogen-bond acceptors (Lipinski definition) is 4. The van der Waals surface area contributed by atoms with Crippen LogP contribution in [0, 0.1) is 5.92 Å².